The number of aliphatic hydroxyl groups is 2. The molecule has 5 rings (SSSR count). The van der Waals surface area contributed by atoms with Crippen molar-refractivity contribution in [2.24, 2.45) is 46.3 Å². The van der Waals surface area contributed by atoms with Crippen molar-refractivity contribution in [1.29, 1.82) is 0 Å². The highest BCUT2D eigenvalue weighted by atomic mass is 16.7. The van der Waals surface area contributed by atoms with Crippen molar-refractivity contribution in [2.75, 3.05) is 6.61 Å². The van der Waals surface area contributed by atoms with Crippen molar-refractivity contribution >= 4 is 17.9 Å². The van der Waals surface area contributed by atoms with Gasteiger partial charge in [-0.3, -0.25) is 14.4 Å². The first-order chi connectivity index (χ1) is 20.4. The van der Waals surface area contributed by atoms with E-state index in [-0.39, 0.29) is 47.8 Å². The predicted molar refractivity (Wildman–Crippen MR) is 162 cm³/mol. The third kappa shape index (κ3) is 4.93. The zero-order valence-electron chi connectivity index (χ0n) is 28.3. The Labute approximate surface area is 263 Å². The summed E-state index contributed by atoms with van der Waals surface area (Å²) < 4.78 is 24.5. The molecule has 13 atom stereocenters. The monoisotopic (exact) mass is 620 g/mol. The van der Waals surface area contributed by atoms with Crippen LogP contribution >= 0.6 is 0 Å². The average molecular weight is 621 g/mol. The van der Waals surface area contributed by atoms with E-state index in [9.17, 15) is 24.6 Å². The minimum atomic E-state index is -1.06. The maximum atomic E-state index is 12.6. The molecule has 0 amide bonds. The number of aliphatic hydroxyl groups excluding tert-OH is 2. The first kappa shape index (κ1) is 33.6. The second kappa shape index (κ2) is 11.2. The maximum absolute atomic E-state index is 12.6. The summed E-state index contributed by atoms with van der Waals surface area (Å²) in [5.41, 5.74) is -3.45. The summed E-state index contributed by atoms with van der Waals surface area (Å²) in [4.78, 5) is 36.9. The van der Waals surface area contributed by atoms with Gasteiger partial charge in [-0.25, -0.2) is 0 Å². The molecule has 5 fully saturated rings. The number of esters is 3. The smallest absolute Gasteiger partial charge is 0.303 e. The highest BCUT2D eigenvalue weighted by Crippen LogP contribution is 2.77. The molecule has 1 aliphatic heterocycles. The van der Waals surface area contributed by atoms with Crippen LogP contribution in [0.1, 0.15) is 114 Å². The van der Waals surface area contributed by atoms with Crippen LogP contribution < -0.4 is 0 Å². The van der Waals surface area contributed by atoms with Gasteiger partial charge in [0.25, 0.3) is 0 Å². The van der Waals surface area contributed by atoms with Gasteiger partial charge in [0.15, 0.2) is 0 Å². The standard InChI is InChI=1S/C35H56O9/c1-19(20(2)31(6,7)43-23(5)38)30(42-22(4)37)33(9)35(44-33)29(40)17-28-26-11-10-24-16-25(39)12-14-32(24,8)27(26)13-15-34(28,35)18-41-21(3)36/h19-20,24-30,39-40H,10-18H2,1-9H3/t19-,20-,24-,25-,26+,27-,28-,29-,30+,32-,33-,34+,35+/m0/s1. The third-order valence-corrected chi connectivity index (χ3v) is 13.7. The summed E-state index contributed by atoms with van der Waals surface area (Å²) in [5, 5.41) is 22.6. The first-order valence-electron chi connectivity index (χ1n) is 16.9. The van der Waals surface area contributed by atoms with E-state index in [1.54, 1.807) is 0 Å². The Bertz CT molecular complexity index is 1150. The van der Waals surface area contributed by atoms with Crippen LogP contribution in [-0.4, -0.2) is 69.8 Å². The van der Waals surface area contributed by atoms with Crippen LogP contribution in [0.3, 0.4) is 0 Å². The lowest BCUT2D eigenvalue weighted by Crippen LogP contribution is -2.60. The minimum absolute atomic E-state index is 0.0743. The van der Waals surface area contributed by atoms with Gasteiger partial charge in [0.1, 0.15) is 29.5 Å². The SMILES string of the molecule is CC(=O)OC[C@]12CC[C@H]3[C@@H](CC[C@H]4C[C@@H](O)CC[C@@]43C)[C@@H]1C[C@H](O)[C@]21O[C@@]1(C)[C@H](OC(C)=O)[C@@H](C)[C@H](C)C(C)(C)OC(C)=O. The molecule has 5 aliphatic rings. The third-order valence-electron chi connectivity index (χ3n) is 13.7. The molecule has 1 heterocycles. The molecule has 9 heteroatoms. The van der Waals surface area contributed by atoms with Crippen molar-refractivity contribution in [3.8, 4) is 0 Å². The fraction of sp³-hybridized carbons (Fsp3) is 0.914. The number of fused-ring (bicyclic) bond motifs is 6. The molecule has 0 aromatic heterocycles. The number of carbonyl (C=O) groups excluding carboxylic acids is 3. The van der Waals surface area contributed by atoms with Crippen molar-refractivity contribution in [3.05, 3.63) is 0 Å². The van der Waals surface area contributed by atoms with Gasteiger partial charge in [0.2, 0.25) is 0 Å². The molecular formula is C35H56O9. The Balaban J connectivity index is 1.53. The van der Waals surface area contributed by atoms with Gasteiger partial charge < -0.3 is 29.2 Å². The quantitative estimate of drug-likeness (QED) is 0.219. The second-order valence-electron chi connectivity index (χ2n) is 16.1. The van der Waals surface area contributed by atoms with E-state index in [2.05, 4.69) is 6.92 Å². The van der Waals surface area contributed by atoms with Crippen molar-refractivity contribution in [1.82, 2.24) is 0 Å². The molecule has 0 aromatic rings. The molecule has 0 unspecified atom stereocenters. The summed E-state index contributed by atoms with van der Waals surface area (Å²) in [6.45, 7) is 16.4. The van der Waals surface area contributed by atoms with Crippen molar-refractivity contribution < 1.29 is 43.5 Å². The fourth-order valence-corrected chi connectivity index (χ4v) is 11.4. The highest BCUT2D eigenvalue weighted by molar-refractivity contribution is 5.67. The topological polar surface area (TPSA) is 132 Å². The summed E-state index contributed by atoms with van der Waals surface area (Å²) in [5.74, 6) is -0.345. The van der Waals surface area contributed by atoms with Crippen LogP contribution in [0.4, 0.5) is 0 Å². The first-order valence-corrected chi connectivity index (χ1v) is 16.9. The maximum Gasteiger partial charge on any atom is 0.303 e. The van der Waals surface area contributed by atoms with Gasteiger partial charge in [0, 0.05) is 38.0 Å². The number of rotatable bonds is 8. The van der Waals surface area contributed by atoms with Gasteiger partial charge in [0.05, 0.1) is 12.2 Å². The molecule has 0 bridgehead atoms. The molecule has 0 aromatic carbocycles. The van der Waals surface area contributed by atoms with Crippen molar-refractivity contribution in [3.63, 3.8) is 0 Å². The minimum Gasteiger partial charge on any atom is -0.465 e. The normalized spacial score (nSPS) is 44.8. The molecule has 250 valence electrons. The number of hydrogen-bond acceptors (Lipinski definition) is 9. The lowest BCUT2D eigenvalue weighted by Gasteiger charge is -2.61. The summed E-state index contributed by atoms with van der Waals surface area (Å²) in [7, 11) is 0. The largest absolute Gasteiger partial charge is 0.465 e. The van der Waals surface area contributed by atoms with Gasteiger partial charge in [-0.15, -0.1) is 0 Å². The summed E-state index contributed by atoms with van der Waals surface area (Å²) >= 11 is 0. The summed E-state index contributed by atoms with van der Waals surface area (Å²) in [6.07, 6.45) is 5.19. The Morgan fingerprint density at radius 1 is 0.909 bits per heavy atom. The van der Waals surface area contributed by atoms with Crippen molar-refractivity contribution in [2.45, 2.75) is 149 Å². The lowest BCUT2D eigenvalue weighted by molar-refractivity contribution is -0.171. The van der Waals surface area contributed by atoms with Crippen LogP contribution in [0.2, 0.25) is 0 Å². The van der Waals surface area contributed by atoms with E-state index >= 15 is 0 Å². The van der Waals surface area contributed by atoms with E-state index in [1.807, 2.05) is 34.6 Å². The van der Waals surface area contributed by atoms with E-state index in [0.29, 0.717) is 24.2 Å². The Morgan fingerprint density at radius 3 is 2.20 bits per heavy atom. The zero-order chi connectivity index (χ0) is 32.6. The Morgan fingerprint density at radius 2 is 1.59 bits per heavy atom. The van der Waals surface area contributed by atoms with Gasteiger partial charge in [-0.1, -0.05) is 20.8 Å². The number of epoxide rings is 1. The Hall–Kier alpha value is -1.71. The van der Waals surface area contributed by atoms with E-state index < -0.39 is 40.4 Å². The number of hydrogen-bond donors (Lipinski definition) is 2. The fourth-order valence-electron chi connectivity index (χ4n) is 11.4. The second-order valence-corrected chi connectivity index (χ2v) is 16.1. The molecular weight excluding hydrogens is 564 g/mol. The molecule has 0 radical (unpaired) electrons. The molecule has 4 aliphatic carbocycles. The van der Waals surface area contributed by atoms with Gasteiger partial charge in [-0.05, 0) is 101 Å². The molecule has 1 saturated heterocycles. The van der Waals surface area contributed by atoms with Crippen LogP contribution in [0.15, 0.2) is 0 Å². The summed E-state index contributed by atoms with van der Waals surface area (Å²) in [6, 6.07) is 0. The van der Waals surface area contributed by atoms with Gasteiger partial charge in [-0.2, -0.15) is 0 Å². The zero-order valence-corrected chi connectivity index (χ0v) is 28.3. The van der Waals surface area contributed by atoms with E-state index in [0.717, 1.165) is 44.9 Å². The van der Waals surface area contributed by atoms with Crippen LogP contribution in [-0.2, 0) is 33.3 Å². The lowest BCUT2D eigenvalue weighted by atomic mass is 9.44. The Kier molecular flexibility index (Phi) is 8.58. The predicted octanol–water partition coefficient (Wildman–Crippen LogP) is 4.98. The van der Waals surface area contributed by atoms with Crippen LogP contribution in [0.25, 0.3) is 0 Å². The molecule has 2 N–H and O–H groups in total. The number of ether oxygens (including phenoxy) is 4. The average Bonchev–Trinajstić information content (AvgIpc) is 3.49. The molecule has 1 spiro atoms. The van der Waals surface area contributed by atoms with Gasteiger partial charge >= 0.3 is 17.9 Å². The highest BCUT2D eigenvalue weighted by Gasteiger charge is 2.88. The van der Waals surface area contributed by atoms with Crippen LogP contribution in [0, 0.1) is 46.3 Å². The molecule has 44 heavy (non-hydrogen) atoms. The van der Waals surface area contributed by atoms with Crippen LogP contribution in [0.5, 0.6) is 0 Å². The molecule has 9 nitrogen and oxygen atoms in total. The number of carbonyl (C=O) groups is 3. The van der Waals surface area contributed by atoms with E-state index in [1.165, 1.54) is 20.8 Å². The molecule has 4 saturated carbocycles. The van der Waals surface area contributed by atoms with E-state index in [4.69, 9.17) is 18.9 Å².